The lowest BCUT2D eigenvalue weighted by atomic mass is 9.81. The normalized spacial score (nSPS) is 25.3. The molecule has 0 radical (unpaired) electrons. The highest BCUT2D eigenvalue weighted by Crippen LogP contribution is 2.30. The van der Waals surface area contributed by atoms with Crippen molar-refractivity contribution in [1.29, 1.82) is 0 Å². The summed E-state index contributed by atoms with van der Waals surface area (Å²) in [6.07, 6.45) is 8.30. The van der Waals surface area contributed by atoms with Crippen molar-refractivity contribution in [3.63, 3.8) is 0 Å². The summed E-state index contributed by atoms with van der Waals surface area (Å²) in [7, 11) is 1.83. The zero-order chi connectivity index (χ0) is 20.5. The van der Waals surface area contributed by atoms with Crippen LogP contribution in [0.5, 0.6) is 0 Å². The molecule has 1 heterocycles. The van der Waals surface area contributed by atoms with Crippen LogP contribution >= 0.6 is 0 Å². The number of hydrogen-bond acceptors (Lipinski definition) is 2. The van der Waals surface area contributed by atoms with Crippen LogP contribution in [0.15, 0.2) is 35.3 Å². The second kappa shape index (κ2) is 11.2. The van der Waals surface area contributed by atoms with E-state index in [0.717, 1.165) is 50.4 Å². The molecule has 0 bridgehead atoms. The predicted molar refractivity (Wildman–Crippen MR) is 120 cm³/mol. The number of aliphatic imine (C=N–C) groups is 1. The minimum atomic E-state index is 0.281. The summed E-state index contributed by atoms with van der Waals surface area (Å²) in [5, 5.41) is 6.95. The monoisotopic (exact) mass is 398 g/mol. The molecule has 1 atom stereocenters. The number of carbonyl (C=O) groups is 1. The summed E-state index contributed by atoms with van der Waals surface area (Å²) >= 11 is 0. The molecule has 1 saturated carbocycles. The molecule has 1 aromatic rings. The molecular formula is C24H38N4O. The Hall–Kier alpha value is -2.04. The van der Waals surface area contributed by atoms with Gasteiger partial charge in [-0.25, -0.2) is 0 Å². The first kappa shape index (κ1) is 21.7. The Kier molecular flexibility index (Phi) is 8.38. The van der Waals surface area contributed by atoms with E-state index in [0.29, 0.717) is 12.3 Å². The van der Waals surface area contributed by atoms with Gasteiger partial charge in [0.2, 0.25) is 5.91 Å². The van der Waals surface area contributed by atoms with Crippen molar-refractivity contribution in [2.75, 3.05) is 33.2 Å². The third-order valence-electron chi connectivity index (χ3n) is 6.69. The minimum Gasteiger partial charge on any atom is -0.356 e. The fraction of sp³-hybridized carbons (Fsp3) is 0.667. The standard InChI is InChI=1S/C24H38N4O/c1-3-19-9-11-21(12-10-19)16-26-24(25-2)27-17-22-15-23(29)28(18-22)14-13-20-7-5-4-6-8-20/h4-8,19,21-22H,3,9-18H2,1-2H3,(H2,25,26,27). The van der Waals surface area contributed by atoms with Crippen molar-refractivity contribution in [2.24, 2.45) is 22.7 Å². The van der Waals surface area contributed by atoms with E-state index in [9.17, 15) is 4.79 Å². The Morgan fingerprint density at radius 2 is 1.69 bits per heavy atom. The SMILES string of the molecule is CCC1CCC(CNC(=NC)NCC2CC(=O)N(CCc3ccccc3)C2)CC1. The Morgan fingerprint density at radius 1 is 1.03 bits per heavy atom. The number of amides is 1. The van der Waals surface area contributed by atoms with Crippen molar-refractivity contribution in [3.05, 3.63) is 35.9 Å². The summed E-state index contributed by atoms with van der Waals surface area (Å²) < 4.78 is 0. The first-order valence-corrected chi connectivity index (χ1v) is 11.4. The fourth-order valence-electron chi connectivity index (χ4n) is 4.66. The van der Waals surface area contributed by atoms with E-state index in [2.05, 4.69) is 46.8 Å². The topological polar surface area (TPSA) is 56.7 Å². The van der Waals surface area contributed by atoms with E-state index in [4.69, 9.17) is 0 Å². The van der Waals surface area contributed by atoms with Crippen LogP contribution in [-0.4, -0.2) is 50.0 Å². The van der Waals surface area contributed by atoms with Crippen LogP contribution in [0.1, 0.15) is 51.0 Å². The lowest BCUT2D eigenvalue weighted by Crippen LogP contribution is -2.42. The summed E-state index contributed by atoms with van der Waals surface area (Å²) in [6.45, 7) is 5.77. The molecule has 29 heavy (non-hydrogen) atoms. The van der Waals surface area contributed by atoms with E-state index >= 15 is 0 Å². The van der Waals surface area contributed by atoms with Crippen LogP contribution in [0.3, 0.4) is 0 Å². The van der Waals surface area contributed by atoms with Gasteiger partial charge in [-0.15, -0.1) is 0 Å². The molecule has 5 nitrogen and oxygen atoms in total. The largest absolute Gasteiger partial charge is 0.356 e. The van der Waals surface area contributed by atoms with Crippen molar-refractivity contribution in [2.45, 2.75) is 51.9 Å². The number of guanidine groups is 1. The molecule has 1 aliphatic carbocycles. The highest BCUT2D eigenvalue weighted by molar-refractivity contribution is 5.80. The van der Waals surface area contributed by atoms with Gasteiger partial charge in [0, 0.05) is 45.6 Å². The molecule has 1 aromatic carbocycles. The molecule has 3 rings (SSSR count). The predicted octanol–water partition coefficient (Wildman–Crippen LogP) is 3.46. The maximum absolute atomic E-state index is 12.4. The molecule has 1 aliphatic heterocycles. The van der Waals surface area contributed by atoms with Gasteiger partial charge < -0.3 is 15.5 Å². The zero-order valence-corrected chi connectivity index (χ0v) is 18.2. The van der Waals surface area contributed by atoms with Gasteiger partial charge in [-0.3, -0.25) is 9.79 Å². The molecule has 1 unspecified atom stereocenters. The highest BCUT2D eigenvalue weighted by Gasteiger charge is 2.29. The van der Waals surface area contributed by atoms with Crippen LogP contribution in [-0.2, 0) is 11.2 Å². The van der Waals surface area contributed by atoms with Crippen LogP contribution in [0.25, 0.3) is 0 Å². The lowest BCUT2D eigenvalue weighted by molar-refractivity contribution is -0.127. The van der Waals surface area contributed by atoms with E-state index in [1.165, 1.54) is 37.7 Å². The van der Waals surface area contributed by atoms with Gasteiger partial charge in [0.25, 0.3) is 0 Å². The van der Waals surface area contributed by atoms with Gasteiger partial charge in [0.1, 0.15) is 0 Å². The number of carbonyl (C=O) groups excluding carboxylic acids is 1. The van der Waals surface area contributed by atoms with Crippen molar-refractivity contribution in [1.82, 2.24) is 15.5 Å². The second-order valence-corrected chi connectivity index (χ2v) is 8.77. The molecule has 5 heteroatoms. The molecule has 0 spiro atoms. The van der Waals surface area contributed by atoms with Gasteiger partial charge in [-0.1, -0.05) is 56.5 Å². The van der Waals surface area contributed by atoms with Gasteiger partial charge in [0.15, 0.2) is 5.96 Å². The van der Waals surface area contributed by atoms with Crippen LogP contribution in [0.4, 0.5) is 0 Å². The van der Waals surface area contributed by atoms with E-state index in [1.807, 2.05) is 18.0 Å². The van der Waals surface area contributed by atoms with Crippen LogP contribution in [0, 0.1) is 17.8 Å². The summed E-state index contributed by atoms with van der Waals surface area (Å²) in [5.41, 5.74) is 1.29. The summed E-state index contributed by atoms with van der Waals surface area (Å²) in [6, 6.07) is 10.4. The third kappa shape index (κ3) is 6.76. The summed E-state index contributed by atoms with van der Waals surface area (Å²) in [4.78, 5) is 18.7. The van der Waals surface area contributed by atoms with Crippen molar-refractivity contribution >= 4 is 11.9 Å². The van der Waals surface area contributed by atoms with Crippen LogP contribution in [0.2, 0.25) is 0 Å². The molecule has 1 saturated heterocycles. The maximum Gasteiger partial charge on any atom is 0.223 e. The number of nitrogens with one attached hydrogen (secondary N) is 2. The van der Waals surface area contributed by atoms with Crippen LogP contribution < -0.4 is 10.6 Å². The van der Waals surface area contributed by atoms with Crippen molar-refractivity contribution < 1.29 is 4.79 Å². The Morgan fingerprint density at radius 3 is 2.34 bits per heavy atom. The van der Waals surface area contributed by atoms with Gasteiger partial charge >= 0.3 is 0 Å². The smallest absolute Gasteiger partial charge is 0.223 e. The molecule has 2 aliphatic rings. The number of rotatable bonds is 8. The van der Waals surface area contributed by atoms with E-state index in [-0.39, 0.29) is 5.91 Å². The zero-order valence-electron chi connectivity index (χ0n) is 18.2. The molecule has 1 amide bonds. The maximum atomic E-state index is 12.4. The van der Waals surface area contributed by atoms with Gasteiger partial charge in [-0.2, -0.15) is 0 Å². The molecule has 0 aromatic heterocycles. The van der Waals surface area contributed by atoms with E-state index < -0.39 is 0 Å². The second-order valence-electron chi connectivity index (χ2n) is 8.77. The molecule has 2 fully saturated rings. The van der Waals surface area contributed by atoms with Gasteiger partial charge in [0.05, 0.1) is 0 Å². The summed E-state index contributed by atoms with van der Waals surface area (Å²) in [5.74, 6) is 3.21. The fourth-order valence-corrected chi connectivity index (χ4v) is 4.66. The molecule has 160 valence electrons. The lowest BCUT2D eigenvalue weighted by Gasteiger charge is -2.28. The number of nitrogens with zero attached hydrogens (tertiary/aromatic N) is 2. The number of benzene rings is 1. The molecule has 2 N–H and O–H groups in total. The van der Waals surface area contributed by atoms with Crippen molar-refractivity contribution in [3.8, 4) is 0 Å². The first-order chi connectivity index (χ1) is 14.2. The number of hydrogen-bond donors (Lipinski definition) is 2. The average molecular weight is 399 g/mol. The highest BCUT2D eigenvalue weighted by atomic mass is 16.2. The van der Waals surface area contributed by atoms with E-state index in [1.54, 1.807) is 0 Å². The Balaban J connectivity index is 1.35. The number of likely N-dealkylation sites (tertiary alicyclic amines) is 1. The first-order valence-electron chi connectivity index (χ1n) is 11.4. The van der Waals surface area contributed by atoms with Gasteiger partial charge in [-0.05, 0) is 36.7 Å². The quantitative estimate of drug-likeness (QED) is 0.521. The third-order valence-corrected chi connectivity index (χ3v) is 6.69. The Bertz CT molecular complexity index is 652. The minimum absolute atomic E-state index is 0.281. The Labute approximate surface area is 176 Å². The average Bonchev–Trinajstić information content (AvgIpc) is 3.13. The molecular weight excluding hydrogens is 360 g/mol.